The molecule has 1 aromatic carbocycles. The van der Waals surface area contributed by atoms with Gasteiger partial charge in [0.2, 0.25) is 0 Å². The fourth-order valence-electron chi connectivity index (χ4n) is 5.86. The summed E-state index contributed by atoms with van der Waals surface area (Å²) in [5.41, 5.74) is 8.85. The van der Waals surface area contributed by atoms with Crippen LogP contribution < -0.4 is 5.32 Å². The summed E-state index contributed by atoms with van der Waals surface area (Å²) >= 11 is 5.93. The minimum absolute atomic E-state index is 0.0521. The van der Waals surface area contributed by atoms with Crippen LogP contribution in [0.1, 0.15) is 71.5 Å². The maximum absolute atomic E-state index is 5.93. The van der Waals surface area contributed by atoms with E-state index in [0.717, 1.165) is 10.8 Å². The first-order valence-corrected chi connectivity index (χ1v) is 12.1. The first kappa shape index (κ1) is 21.2. The van der Waals surface area contributed by atoms with Crippen molar-refractivity contribution in [1.29, 1.82) is 0 Å². The zero-order valence-corrected chi connectivity index (χ0v) is 20.2. The summed E-state index contributed by atoms with van der Waals surface area (Å²) in [4.78, 5) is 7.22. The molecule has 1 aliphatic carbocycles. The molecule has 0 bridgehead atoms. The highest BCUT2D eigenvalue weighted by Gasteiger charge is 2.44. The second-order valence-corrected chi connectivity index (χ2v) is 9.76. The van der Waals surface area contributed by atoms with Gasteiger partial charge in [-0.15, -0.1) is 0 Å². The molecule has 2 fully saturated rings. The van der Waals surface area contributed by atoms with Gasteiger partial charge in [-0.2, -0.15) is 0 Å². The highest BCUT2D eigenvalue weighted by molar-refractivity contribution is 7.80. The number of nitrogens with zero attached hydrogens (tertiary/aromatic N) is 3. The van der Waals surface area contributed by atoms with Crippen LogP contribution in [-0.4, -0.2) is 25.6 Å². The minimum Gasteiger partial charge on any atom is -0.352 e. The van der Waals surface area contributed by atoms with Crippen molar-refractivity contribution < 1.29 is 0 Å². The van der Waals surface area contributed by atoms with Gasteiger partial charge in [0.25, 0.3) is 0 Å². The van der Waals surface area contributed by atoms with Crippen LogP contribution in [0.5, 0.6) is 0 Å². The molecule has 1 saturated heterocycles. The summed E-state index contributed by atoms with van der Waals surface area (Å²) in [5.74, 6) is 0. The molecule has 32 heavy (non-hydrogen) atoms. The van der Waals surface area contributed by atoms with Gasteiger partial charge in [-0.05, 0) is 87.6 Å². The zero-order valence-electron chi connectivity index (χ0n) is 19.4. The first-order valence-electron chi connectivity index (χ1n) is 11.7. The van der Waals surface area contributed by atoms with Gasteiger partial charge in [0.05, 0.1) is 23.5 Å². The SMILES string of the molecule is Cc1cccc(C)c1-n1c(C)cc(C2C(c3ccccn3)NC(=S)N2C2CCCC2)c1C. The molecular formula is C27H32N4S. The largest absolute Gasteiger partial charge is 0.352 e. The lowest BCUT2D eigenvalue weighted by Gasteiger charge is -2.33. The number of benzene rings is 1. The molecule has 2 unspecified atom stereocenters. The second kappa shape index (κ2) is 8.36. The van der Waals surface area contributed by atoms with Crippen LogP contribution in [-0.2, 0) is 0 Å². The van der Waals surface area contributed by atoms with Crippen molar-refractivity contribution in [2.24, 2.45) is 0 Å². The standard InChI is InChI=1S/C27H32N4S/c1-17-10-9-11-18(2)25(17)30-19(3)16-22(20(30)4)26-24(23-14-7-8-15-28-23)29-27(32)31(26)21-12-5-6-13-21/h7-11,14-16,21,24,26H,5-6,12-13H2,1-4H3,(H,29,32). The van der Waals surface area contributed by atoms with Crippen LogP contribution in [0.3, 0.4) is 0 Å². The van der Waals surface area contributed by atoms with E-state index in [-0.39, 0.29) is 12.1 Å². The number of aromatic nitrogens is 2. The quantitative estimate of drug-likeness (QED) is 0.499. The number of hydrogen-bond donors (Lipinski definition) is 1. The number of para-hydroxylation sites is 1. The number of hydrogen-bond acceptors (Lipinski definition) is 2. The lowest BCUT2D eigenvalue weighted by molar-refractivity contribution is 0.245. The van der Waals surface area contributed by atoms with Crippen molar-refractivity contribution in [2.45, 2.75) is 71.5 Å². The fraction of sp³-hybridized carbons (Fsp3) is 0.407. The van der Waals surface area contributed by atoms with E-state index in [1.807, 2.05) is 12.3 Å². The van der Waals surface area contributed by atoms with E-state index in [0.29, 0.717) is 6.04 Å². The summed E-state index contributed by atoms with van der Waals surface area (Å²) in [6, 6.07) is 15.8. The molecule has 5 heteroatoms. The van der Waals surface area contributed by atoms with E-state index < -0.39 is 0 Å². The summed E-state index contributed by atoms with van der Waals surface area (Å²) in [5, 5.41) is 4.52. The third-order valence-corrected chi connectivity index (χ3v) is 7.63. The van der Waals surface area contributed by atoms with Crippen LogP contribution in [0.15, 0.2) is 48.7 Å². The number of thiocarbonyl (C=S) groups is 1. The summed E-state index contributed by atoms with van der Waals surface area (Å²) in [6.07, 6.45) is 6.87. The molecule has 0 amide bonds. The van der Waals surface area contributed by atoms with Gasteiger partial charge in [0, 0.05) is 23.6 Å². The predicted octanol–water partition coefficient (Wildman–Crippen LogP) is 6.02. The fourth-order valence-corrected chi connectivity index (χ4v) is 6.25. The van der Waals surface area contributed by atoms with Crippen molar-refractivity contribution in [2.75, 3.05) is 0 Å². The van der Waals surface area contributed by atoms with E-state index in [2.05, 4.69) is 78.9 Å². The molecule has 2 aromatic heterocycles. The lowest BCUT2D eigenvalue weighted by atomic mass is 9.95. The molecule has 1 N–H and O–H groups in total. The molecule has 0 spiro atoms. The topological polar surface area (TPSA) is 33.1 Å². The summed E-state index contributed by atoms with van der Waals surface area (Å²) < 4.78 is 2.43. The molecule has 2 atom stereocenters. The van der Waals surface area contributed by atoms with Crippen LogP contribution in [0.25, 0.3) is 5.69 Å². The average molecular weight is 445 g/mol. The maximum Gasteiger partial charge on any atom is 0.170 e. The molecule has 166 valence electrons. The minimum atomic E-state index is 0.0521. The van der Waals surface area contributed by atoms with E-state index in [1.165, 1.54) is 59.4 Å². The van der Waals surface area contributed by atoms with Gasteiger partial charge in [-0.1, -0.05) is 37.1 Å². The second-order valence-electron chi connectivity index (χ2n) is 9.37. The van der Waals surface area contributed by atoms with E-state index in [1.54, 1.807) is 0 Å². The number of rotatable bonds is 4. The lowest BCUT2D eigenvalue weighted by Crippen LogP contribution is -2.37. The Bertz CT molecular complexity index is 1120. The van der Waals surface area contributed by atoms with Crippen molar-refractivity contribution >= 4 is 17.3 Å². The molecule has 5 rings (SSSR count). The van der Waals surface area contributed by atoms with Gasteiger partial charge >= 0.3 is 0 Å². The van der Waals surface area contributed by atoms with Gasteiger partial charge in [0.15, 0.2) is 5.11 Å². The third kappa shape index (κ3) is 3.43. The highest BCUT2D eigenvalue weighted by Crippen LogP contribution is 2.45. The monoisotopic (exact) mass is 444 g/mol. The van der Waals surface area contributed by atoms with Gasteiger partial charge in [0.1, 0.15) is 0 Å². The Kier molecular flexibility index (Phi) is 5.54. The molecule has 1 aliphatic heterocycles. The molecule has 2 aliphatic rings. The molecule has 4 nitrogen and oxygen atoms in total. The molecule has 1 saturated carbocycles. The highest BCUT2D eigenvalue weighted by atomic mass is 32.1. The van der Waals surface area contributed by atoms with Gasteiger partial charge in [-0.25, -0.2) is 0 Å². The average Bonchev–Trinajstić information content (AvgIpc) is 3.48. The Morgan fingerprint density at radius 3 is 2.34 bits per heavy atom. The number of aryl methyl sites for hydroxylation is 3. The van der Waals surface area contributed by atoms with Crippen molar-refractivity contribution in [3.05, 3.63) is 82.4 Å². The Labute approximate surface area is 196 Å². The van der Waals surface area contributed by atoms with Crippen LogP contribution >= 0.6 is 12.2 Å². The first-order chi connectivity index (χ1) is 15.5. The normalized spacial score (nSPS) is 21.4. The van der Waals surface area contributed by atoms with E-state index in [4.69, 9.17) is 17.2 Å². The van der Waals surface area contributed by atoms with Crippen molar-refractivity contribution in [3.8, 4) is 5.69 Å². The molecule has 0 radical (unpaired) electrons. The Morgan fingerprint density at radius 1 is 0.969 bits per heavy atom. The van der Waals surface area contributed by atoms with Crippen LogP contribution in [0, 0.1) is 27.7 Å². The third-order valence-electron chi connectivity index (χ3n) is 7.31. The van der Waals surface area contributed by atoms with Gasteiger partial charge < -0.3 is 14.8 Å². The van der Waals surface area contributed by atoms with Crippen molar-refractivity contribution in [1.82, 2.24) is 19.8 Å². The summed E-state index contributed by atoms with van der Waals surface area (Å²) in [6.45, 7) is 8.89. The van der Waals surface area contributed by atoms with Crippen LogP contribution in [0.4, 0.5) is 0 Å². The Balaban J connectivity index is 1.67. The zero-order chi connectivity index (χ0) is 22.4. The number of nitrogens with one attached hydrogen (secondary N) is 1. The van der Waals surface area contributed by atoms with Crippen molar-refractivity contribution in [3.63, 3.8) is 0 Å². The van der Waals surface area contributed by atoms with Crippen LogP contribution in [0.2, 0.25) is 0 Å². The molecular weight excluding hydrogens is 412 g/mol. The van der Waals surface area contributed by atoms with E-state index in [9.17, 15) is 0 Å². The Hall–Kier alpha value is -2.66. The summed E-state index contributed by atoms with van der Waals surface area (Å²) in [7, 11) is 0. The Morgan fingerprint density at radius 2 is 1.69 bits per heavy atom. The molecule has 3 aromatic rings. The van der Waals surface area contributed by atoms with Gasteiger partial charge in [-0.3, -0.25) is 4.98 Å². The molecule has 3 heterocycles. The predicted molar refractivity (Wildman–Crippen MR) is 134 cm³/mol. The smallest absolute Gasteiger partial charge is 0.170 e. The maximum atomic E-state index is 5.93. The number of pyridine rings is 1. The van der Waals surface area contributed by atoms with E-state index >= 15 is 0 Å².